The molecule has 0 fully saturated rings. The minimum Gasteiger partial charge on any atom is -0.345 e. The van der Waals surface area contributed by atoms with Crippen molar-refractivity contribution < 1.29 is 4.79 Å². The third-order valence-electron chi connectivity index (χ3n) is 6.74. The van der Waals surface area contributed by atoms with Crippen molar-refractivity contribution in [2.75, 3.05) is 18.0 Å². The van der Waals surface area contributed by atoms with Crippen molar-refractivity contribution in [2.24, 2.45) is 10.7 Å². The molecule has 2 aromatic heterocycles. The number of fused-ring (bicyclic) bond motifs is 1. The average Bonchev–Trinajstić information content (AvgIpc) is 3.49. The van der Waals surface area contributed by atoms with E-state index in [2.05, 4.69) is 34.0 Å². The number of aryl methyl sites for hydroxylation is 1. The zero-order chi connectivity index (χ0) is 30.2. The number of rotatable bonds is 7. The zero-order valence-corrected chi connectivity index (χ0v) is 25.5. The molecule has 0 saturated heterocycles. The van der Waals surface area contributed by atoms with Crippen LogP contribution < -0.4 is 16.0 Å². The third kappa shape index (κ3) is 7.37. The van der Waals surface area contributed by atoms with Crippen LogP contribution in [0.2, 0.25) is 5.02 Å². The van der Waals surface area contributed by atoms with E-state index in [0.717, 1.165) is 51.5 Å². The molecular weight excluding hydrogens is 566 g/mol. The Morgan fingerprint density at radius 2 is 1.83 bits per heavy atom. The second kappa shape index (κ2) is 14.2. The molecule has 0 aliphatic carbocycles. The largest absolute Gasteiger partial charge is 0.345 e. The van der Waals surface area contributed by atoms with E-state index in [0.29, 0.717) is 23.0 Å². The second-order valence-corrected chi connectivity index (χ2v) is 11.5. The molecule has 0 saturated carbocycles. The molecule has 10 heteroatoms. The summed E-state index contributed by atoms with van der Waals surface area (Å²) in [5.74, 6) is 12.2. The predicted molar refractivity (Wildman–Crippen MR) is 173 cm³/mol. The van der Waals surface area contributed by atoms with Crippen LogP contribution in [-0.4, -0.2) is 47.4 Å². The van der Waals surface area contributed by atoms with Gasteiger partial charge in [0.2, 0.25) is 5.91 Å². The number of aromatic nitrogens is 1. The van der Waals surface area contributed by atoms with Crippen molar-refractivity contribution in [2.45, 2.75) is 52.5 Å². The van der Waals surface area contributed by atoms with Gasteiger partial charge in [0.05, 0.1) is 30.1 Å². The van der Waals surface area contributed by atoms with Crippen molar-refractivity contribution in [1.29, 1.82) is 10.8 Å². The molecule has 1 aliphatic rings. The molecule has 0 spiro atoms. The van der Waals surface area contributed by atoms with Crippen LogP contribution in [0.4, 0.5) is 5.00 Å². The van der Waals surface area contributed by atoms with Gasteiger partial charge in [-0.05, 0) is 81.8 Å². The minimum atomic E-state index is -0.794. The number of aromatic amines is 1. The number of nitrogens with zero attached hydrogens (tertiary/aromatic N) is 2. The first-order chi connectivity index (χ1) is 20.2. The summed E-state index contributed by atoms with van der Waals surface area (Å²) in [6.45, 7) is 6.50. The molecular formula is C32H34ClN7OS. The van der Waals surface area contributed by atoms with Crippen molar-refractivity contribution in [3.8, 4) is 23.7 Å². The van der Waals surface area contributed by atoms with E-state index >= 15 is 0 Å². The number of anilines is 1. The highest BCUT2D eigenvalue weighted by molar-refractivity contribution is 7.17. The molecule has 6 N–H and O–H groups in total. The Hall–Kier alpha value is -4.15. The highest BCUT2D eigenvalue weighted by atomic mass is 35.5. The van der Waals surface area contributed by atoms with Crippen LogP contribution in [0.3, 0.4) is 0 Å². The van der Waals surface area contributed by atoms with Gasteiger partial charge in [0.15, 0.2) is 0 Å². The van der Waals surface area contributed by atoms with Crippen LogP contribution in [0.15, 0.2) is 41.4 Å². The summed E-state index contributed by atoms with van der Waals surface area (Å²) in [7, 11) is 0. The van der Waals surface area contributed by atoms with E-state index < -0.39 is 6.04 Å². The Morgan fingerprint density at radius 3 is 2.50 bits per heavy atom. The fourth-order valence-corrected chi connectivity index (χ4v) is 5.82. The van der Waals surface area contributed by atoms with Crippen LogP contribution in [0.1, 0.15) is 65.6 Å². The van der Waals surface area contributed by atoms with Crippen molar-refractivity contribution >= 4 is 51.2 Å². The molecule has 1 aliphatic heterocycles. The number of nitrogens with one attached hydrogen (secondary N) is 4. The lowest BCUT2D eigenvalue weighted by Gasteiger charge is -2.24. The molecule has 216 valence electrons. The van der Waals surface area contributed by atoms with Gasteiger partial charge in [-0.25, -0.2) is 0 Å². The first kappa shape index (κ1) is 30.8. The topological polar surface area (TPSA) is 134 Å². The molecule has 1 atom stereocenters. The highest BCUT2D eigenvalue weighted by Gasteiger charge is 2.34. The maximum Gasteiger partial charge on any atom is 0.223 e. The molecule has 0 unspecified atom stereocenters. The summed E-state index contributed by atoms with van der Waals surface area (Å²) >= 11 is 7.68. The maximum absolute atomic E-state index is 13.0. The molecule has 42 heavy (non-hydrogen) atoms. The highest BCUT2D eigenvalue weighted by Crippen LogP contribution is 2.40. The van der Waals surface area contributed by atoms with Gasteiger partial charge in [-0.3, -0.25) is 25.5 Å². The Labute approximate surface area is 255 Å². The van der Waals surface area contributed by atoms with Crippen LogP contribution in [-0.2, 0) is 4.79 Å². The van der Waals surface area contributed by atoms with Crippen LogP contribution in [0.25, 0.3) is 0 Å². The monoisotopic (exact) mass is 599 g/mol. The van der Waals surface area contributed by atoms with Gasteiger partial charge in [0.1, 0.15) is 22.7 Å². The number of H-pyrrole nitrogens is 1. The van der Waals surface area contributed by atoms with Gasteiger partial charge < -0.3 is 16.0 Å². The number of amidine groups is 2. The molecule has 4 rings (SSSR count). The number of carbonyl (C=O) groups is 1. The summed E-state index contributed by atoms with van der Waals surface area (Å²) in [4.78, 5) is 23.8. The number of carbonyl (C=O) groups excluding carboxylic acids is 1. The van der Waals surface area contributed by atoms with Gasteiger partial charge in [0, 0.05) is 27.4 Å². The first-order valence-corrected chi connectivity index (χ1v) is 14.9. The van der Waals surface area contributed by atoms with E-state index in [1.165, 1.54) is 11.3 Å². The van der Waals surface area contributed by atoms with Crippen molar-refractivity contribution in [1.82, 2.24) is 10.3 Å². The number of amides is 1. The van der Waals surface area contributed by atoms with Crippen LogP contribution in [0.5, 0.6) is 0 Å². The molecule has 0 bridgehead atoms. The number of thiophene rings is 1. The smallest absolute Gasteiger partial charge is 0.223 e. The summed E-state index contributed by atoms with van der Waals surface area (Å²) in [6.07, 6.45) is 2.70. The third-order valence-corrected chi connectivity index (χ3v) is 8.19. The van der Waals surface area contributed by atoms with Crippen molar-refractivity contribution in [3.05, 3.63) is 74.4 Å². The van der Waals surface area contributed by atoms with Gasteiger partial charge in [-0.1, -0.05) is 35.6 Å². The van der Waals surface area contributed by atoms with Crippen LogP contribution in [0, 0.1) is 48.3 Å². The summed E-state index contributed by atoms with van der Waals surface area (Å²) in [6, 6.07) is 10.3. The lowest BCUT2D eigenvalue weighted by atomic mass is 9.99. The van der Waals surface area contributed by atoms with E-state index in [-0.39, 0.29) is 30.5 Å². The first-order valence-electron chi connectivity index (χ1n) is 13.7. The zero-order valence-electron chi connectivity index (χ0n) is 24.0. The quantitative estimate of drug-likeness (QED) is 0.108. The average molecular weight is 600 g/mol. The number of hydrogen-bond acceptors (Lipinski definition) is 6. The van der Waals surface area contributed by atoms with E-state index in [4.69, 9.17) is 33.1 Å². The van der Waals surface area contributed by atoms with E-state index in [1.54, 1.807) is 24.0 Å². The van der Waals surface area contributed by atoms with Gasteiger partial charge in [0.25, 0.3) is 0 Å². The van der Waals surface area contributed by atoms with E-state index in [9.17, 15) is 4.79 Å². The predicted octanol–water partition coefficient (Wildman–Crippen LogP) is 5.39. The lowest BCUT2D eigenvalue weighted by molar-refractivity contribution is -0.120. The Morgan fingerprint density at radius 1 is 1.14 bits per heavy atom. The van der Waals surface area contributed by atoms with Gasteiger partial charge in [-0.15, -0.1) is 11.3 Å². The Bertz CT molecular complexity index is 1640. The number of aliphatic imine (C=N–C) groups is 1. The Kier molecular flexibility index (Phi) is 10.4. The van der Waals surface area contributed by atoms with Crippen molar-refractivity contribution in [3.63, 3.8) is 0 Å². The number of hydrogen-bond donors (Lipinski definition) is 5. The minimum absolute atomic E-state index is 0.0548. The number of halogens is 1. The fourth-order valence-electron chi connectivity index (χ4n) is 4.47. The molecule has 3 heterocycles. The molecule has 8 nitrogen and oxygen atoms in total. The molecule has 1 amide bonds. The molecule has 1 aromatic carbocycles. The number of unbranched alkanes of at least 4 members (excludes halogenated alkanes) is 2. The molecule has 3 aromatic rings. The fraction of sp³-hybridized carbons (Fsp3) is 0.312. The number of benzene rings is 1. The summed E-state index contributed by atoms with van der Waals surface area (Å²) in [5.41, 5.74) is 10.4. The maximum atomic E-state index is 13.0. The standard InChI is InChI=1S/C32H34ClN7OS/c1-20-21(2)42-32-29(20)30(23-11-13-24(33)14-12-23)39-27(31(36)40(32)22(3)35)19-28(41)37-18-8-10-26-16-15-25(38-26)9-6-4-5-7-17-34/h11-16,27,35-36,38H,4-5,7,17-19,34H2,1-3H3,(H,37,41)/t27-/m0/s1. The SMILES string of the molecule is CC(=N)N1C(=N)[C@H](CC(=O)NCC#Cc2ccc(C#CCCCCN)[nH]2)N=C(c2ccc(Cl)cc2)c2c1sc(C)c2C. The normalized spacial score (nSPS) is 14.1. The van der Waals surface area contributed by atoms with Gasteiger partial charge in [-0.2, -0.15) is 0 Å². The van der Waals surface area contributed by atoms with Gasteiger partial charge >= 0.3 is 0 Å². The second-order valence-electron chi connectivity index (χ2n) is 9.89. The Balaban J connectivity index is 1.50. The number of nitrogens with two attached hydrogens (primary N) is 1. The molecule has 0 radical (unpaired) electrons. The summed E-state index contributed by atoms with van der Waals surface area (Å²) in [5, 5.41) is 21.7. The van der Waals surface area contributed by atoms with Crippen LogP contribution >= 0.6 is 22.9 Å². The lowest BCUT2D eigenvalue weighted by Crippen LogP contribution is -2.42. The summed E-state index contributed by atoms with van der Waals surface area (Å²) < 4.78 is 0. The van der Waals surface area contributed by atoms with E-state index in [1.807, 2.05) is 38.1 Å².